The molecule has 0 aromatic carbocycles. The Labute approximate surface area is 193 Å². The molecular formula is C25H52O5Si. The highest BCUT2D eigenvalue weighted by molar-refractivity contribution is 6.60. The van der Waals surface area contributed by atoms with Gasteiger partial charge in [0.15, 0.2) is 0 Å². The quantitative estimate of drug-likeness (QED) is 0.166. The van der Waals surface area contributed by atoms with Crippen molar-refractivity contribution in [3.05, 3.63) is 0 Å². The molecule has 6 heteroatoms. The van der Waals surface area contributed by atoms with Crippen LogP contribution in [0.1, 0.15) is 111 Å². The highest BCUT2D eigenvalue weighted by Gasteiger charge is 2.42. The monoisotopic (exact) mass is 460 g/mol. The predicted octanol–water partition coefficient (Wildman–Crippen LogP) is 6.50. The Bertz CT molecular complexity index is 397. The molecule has 1 aliphatic rings. The molecule has 0 heterocycles. The summed E-state index contributed by atoms with van der Waals surface area (Å²) in [7, 11) is -2.66. The molecule has 0 saturated heterocycles. The Morgan fingerprint density at radius 1 is 0.742 bits per heavy atom. The third-order valence-corrected chi connectivity index (χ3v) is 9.23. The van der Waals surface area contributed by atoms with Crippen molar-refractivity contribution in [3.8, 4) is 0 Å². The lowest BCUT2D eigenvalue weighted by atomic mass is 9.84. The Balaban J connectivity index is 2.61. The molecule has 1 fully saturated rings. The smallest absolute Gasteiger partial charge is 0.390 e. The van der Waals surface area contributed by atoms with Crippen LogP contribution in [-0.4, -0.2) is 52.5 Å². The molecule has 31 heavy (non-hydrogen) atoms. The fourth-order valence-electron chi connectivity index (χ4n) is 4.33. The number of ether oxygens (including phenoxy) is 1. The zero-order chi connectivity index (χ0) is 22.8. The maximum Gasteiger partial charge on any atom is 0.500 e. The summed E-state index contributed by atoms with van der Waals surface area (Å²) < 4.78 is 25.1. The van der Waals surface area contributed by atoms with E-state index in [2.05, 4.69) is 20.8 Å². The van der Waals surface area contributed by atoms with E-state index in [4.69, 9.17) is 18.0 Å². The summed E-state index contributed by atoms with van der Waals surface area (Å²) in [6.45, 7) is 11.6. The summed E-state index contributed by atoms with van der Waals surface area (Å²) in [5.41, 5.74) is 0. The van der Waals surface area contributed by atoms with Crippen LogP contribution >= 0.6 is 0 Å². The van der Waals surface area contributed by atoms with Gasteiger partial charge < -0.3 is 23.1 Å². The van der Waals surface area contributed by atoms with Crippen molar-refractivity contribution >= 4 is 8.80 Å². The Morgan fingerprint density at radius 2 is 1.32 bits per heavy atom. The molecule has 0 amide bonds. The van der Waals surface area contributed by atoms with Crippen molar-refractivity contribution in [1.29, 1.82) is 0 Å². The average molecular weight is 461 g/mol. The number of unbranched alkanes of at least 4 members (excludes halogenated alkanes) is 6. The minimum Gasteiger partial charge on any atom is -0.390 e. The molecular weight excluding hydrogens is 408 g/mol. The Kier molecular flexibility index (Phi) is 17.3. The zero-order valence-corrected chi connectivity index (χ0v) is 22.0. The first kappa shape index (κ1) is 29.0. The van der Waals surface area contributed by atoms with E-state index in [0.29, 0.717) is 12.5 Å². The van der Waals surface area contributed by atoms with E-state index < -0.39 is 8.80 Å². The lowest BCUT2D eigenvalue weighted by Crippen LogP contribution is -2.47. The van der Waals surface area contributed by atoms with Crippen molar-refractivity contribution in [2.24, 2.45) is 5.92 Å². The van der Waals surface area contributed by atoms with Crippen LogP contribution in [0.2, 0.25) is 6.04 Å². The van der Waals surface area contributed by atoms with Gasteiger partial charge in [0.25, 0.3) is 0 Å². The van der Waals surface area contributed by atoms with Gasteiger partial charge in [-0.1, -0.05) is 59.3 Å². The predicted molar refractivity (Wildman–Crippen MR) is 130 cm³/mol. The molecule has 1 saturated carbocycles. The van der Waals surface area contributed by atoms with Gasteiger partial charge >= 0.3 is 8.80 Å². The lowest BCUT2D eigenvalue weighted by molar-refractivity contribution is -0.0728. The number of hydrogen-bond donors (Lipinski definition) is 1. The van der Waals surface area contributed by atoms with E-state index in [9.17, 15) is 5.11 Å². The Morgan fingerprint density at radius 3 is 1.87 bits per heavy atom. The summed E-state index contributed by atoms with van der Waals surface area (Å²) in [4.78, 5) is 0. The maximum atomic E-state index is 10.4. The summed E-state index contributed by atoms with van der Waals surface area (Å²) in [5, 5.41) is 10.4. The molecule has 0 aromatic rings. The molecule has 1 aliphatic carbocycles. The van der Waals surface area contributed by atoms with Crippen molar-refractivity contribution in [1.82, 2.24) is 0 Å². The zero-order valence-electron chi connectivity index (χ0n) is 21.0. The number of aliphatic hydroxyl groups is 1. The molecule has 3 atom stereocenters. The SMILES string of the molecule is CCCCCOC1CC(CC[Si](OCC)(OCCCCC)OCCCCC)CCC1O. The molecule has 1 N–H and O–H groups in total. The van der Waals surface area contributed by atoms with Crippen LogP contribution in [0.4, 0.5) is 0 Å². The fraction of sp³-hybridized carbons (Fsp3) is 1.00. The molecule has 186 valence electrons. The van der Waals surface area contributed by atoms with Gasteiger partial charge in [0.1, 0.15) is 0 Å². The number of aliphatic hydroxyl groups excluding tert-OH is 1. The highest BCUT2D eigenvalue weighted by Crippen LogP contribution is 2.33. The number of rotatable bonds is 20. The van der Waals surface area contributed by atoms with Gasteiger partial charge in [0, 0.05) is 32.5 Å². The van der Waals surface area contributed by atoms with Crippen LogP contribution in [0.5, 0.6) is 0 Å². The number of hydrogen-bond acceptors (Lipinski definition) is 5. The van der Waals surface area contributed by atoms with Crippen LogP contribution in [0.15, 0.2) is 0 Å². The van der Waals surface area contributed by atoms with Gasteiger partial charge in [-0.05, 0) is 57.8 Å². The standard InChI is InChI=1S/C25H52O5Si/c1-5-9-12-18-27-25-22-23(15-16-24(25)26)17-21-31(28-8-4,29-19-13-10-6-2)30-20-14-11-7-3/h23-26H,5-22H2,1-4H3. The fourth-order valence-corrected chi connectivity index (χ4v) is 7.12. The first-order valence-electron chi connectivity index (χ1n) is 13.3. The van der Waals surface area contributed by atoms with Gasteiger partial charge in [0.05, 0.1) is 12.2 Å². The van der Waals surface area contributed by atoms with E-state index in [1.54, 1.807) is 0 Å². The van der Waals surface area contributed by atoms with E-state index in [1.165, 1.54) is 38.5 Å². The largest absolute Gasteiger partial charge is 0.500 e. The van der Waals surface area contributed by atoms with Crippen molar-refractivity contribution in [2.45, 2.75) is 129 Å². The van der Waals surface area contributed by atoms with Crippen LogP contribution in [0, 0.1) is 5.92 Å². The highest BCUT2D eigenvalue weighted by atomic mass is 28.4. The first-order chi connectivity index (χ1) is 15.1. The molecule has 5 nitrogen and oxygen atoms in total. The van der Waals surface area contributed by atoms with Crippen molar-refractivity contribution in [3.63, 3.8) is 0 Å². The summed E-state index contributed by atoms with van der Waals surface area (Å²) >= 11 is 0. The molecule has 0 aromatic heterocycles. The second kappa shape index (κ2) is 18.4. The van der Waals surface area contributed by atoms with Gasteiger partial charge in [-0.15, -0.1) is 0 Å². The Hall–Kier alpha value is 0.0169. The molecule has 0 radical (unpaired) electrons. The minimum atomic E-state index is -2.66. The molecule has 0 spiro atoms. The van der Waals surface area contributed by atoms with Crippen molar-refractivity contribution in [2.75, 3.05) is 26.4 Å². The summed E-state index contributed by atoms with van der Waals surface area (Å²) in [5.74, 6) is 0.547. The van der Waals surface area contributed by atoms with E-state index in [0.717, 1.165) is 70.8 Å². The minimum absolute atomic E-state index is 0.0188. The van der Waals surface area contributed by atoms with Crippen LogP contribution in [0.3, 0.4) is 0 Å². The normalized spacial score (nSPS) is 22.2. The molecule has 1 rings (SSSR count). The molecule has 0 bridgehead atoms. The molecule has 0 aliphatic heterocycles. The van der Waals surface area contributed by atoms with E-state index >= 15 is 0 Å². The third-order valence-electron chi connectivity index (χ3n) is 6.31. The lowest BCUT2D eigenvalue weighted by Gasteiger charge is -2.35. The van der Waals surface area contributed by atoms with Crippen molar-refractivity contribution < 1.29 is 23.1 Å². The first-order valence-corrected chi connectivity index (χ1v) is 15.2. The van der Waals surface area contributed by atoms with Gasteiger partial charge in [0.2, 0.25) is 0 Å². The van der Waals surface area contributed by atoms with Crippen LogP contribution in [0.25, 0.3) is 0 Å². The average Bonchev–Trinajstić information content (AvgIpc) is 2.77. The topological polar surface area (TPSA) is 57.2 Å². The second-order valence-electron chi connectivity index (χ2n) is 9.13. The second-order valence-corrected chi connectivity index (χ2v) is 11.9. The van der Waals surface area contributed by atoms with Gasteiger partial charge in [-0.25, -0.2) is 0 Å². The molecule has 3 unspecified atom stereocenters. The van der Waals surface area contributed by atoms with E-state index in [-0.39, 0.29) is 12.2 Å². The van der Waals surface area contributed by atoms with Gasteiger partial charge in [-0.2, -0.15) is 0 Å². The third kappa shape index (κ3) is 12.7. The van der Waals surface area contributed by atoms with Crippen LogP contribution in [-0.2, 0) is 18.0 Å². The van der Waals surface area contributed by atoms with E-state index in [1.807, 2.05) is 6.92 Å². The van der Waals surface area contributed by atoms with Gasteiger partial charge in [-0.3, -0.25) is 0 Å². The maximum absolute atomic E-state index is 10.4. The summed E-state index contributed by atoms with van der Waals surface area (Å²) in [6.07, 6.45) is 13.9. The van der Waals surface area contributed by atoms with Crippen LogP contribution < -0.4 is 0 Å². The summed E-state index contributed by atoms with van der Waals surface area (Å²) in [6, 6.07) is 0.877.